The average molecular weight is 266 g/mol. The molecular formula is C14H22N2O3. The Morgan fingerprint density at radius 1 is 1.58 bits per heavy atom. The number of furan rings is 1. The van der Waals surface area contributed by atoms with Crippen LogP contribution in [0.2, 0.25) is 0 Å². The third-order valence-corrected chi connectivity index (χ3v) is 3.31. The van der Waals surface area contributed by atoms with Crippen molar-refractivity contribution in [2.45, 2.75) is 38.8 Å². The molecular weight excluding hydrogens is 244 g/mol. The molecule has 0 aliphatic carbocycles. The van der Waals surface area contributed by atoms with E-state index < -0.39 is 5.60 Å². The molecule has 1 amide bonds. The van der Waals surface area contributed by atoms with E-state index in [4.69, 9.17) is 14.9 Å². The van der Waals surface area contributed by atoms with Gasteiger partial charge in [-0.1, -0.05) is 0 Å². The van der Waals surface area contributed by atoms with Crippen molar-refractivity contribution in [3.63, 3.8) is 0 Å². The highest BCUT2D eigenvalue weighted by Gasteiger charge is 2.33. The summed E-state index contributed by atoms with van der Waals surface area (Å²) in [6, 6.07) is 1.78. The van der Waals surface area contributed by atoms with Gasteiger partial charge in [-0.15, -0.1) is 0 Å². The zero-order valence-corrected chi connectivity index (χ0v) is 11.8. The number of carbonyl (C=O) groups is 1. The lowest BCUT2D eigenvalue weighted by atomic mass is 9.95. The van der Waals surface area contributed by atoms with Crippen LogP contribution < -0.4 is 5.73 Å². The largest absolute Gasteiger partial charge is 0.472 e. The van der Waals surface area contributed by atoms with Gasteiger partial charge in [0, 0.05) is 24.7 Å². The van der Waals surface area contributed by atoms with Crippen LogP contribution in [0.1, 0.15) is 38.8 Å². The van der Waals surface area contributed by atoms with Gasteiger partial charge >= 0.3 is 6.09 Å². The van der Waals surface area contributed by atoms with Crippen LogP contribution in [0.25, 0.3) is 0 Å². The lowest BCUT2D eigenvalue weighted by Crippen LogP contribution is -2.36. The van der Waals surface area contributed by atoms with Crippen LogP contribution in [0, 0.1) is 5.92 Å². The highest BCUT2D eigenvalue weighted by atomic mass is 16.6. The molecule has 0 aromatic carbocycles. The Labute approximate surface area is 113 Å². The molecule has 1 fully saturated rings. The third kappa shape index (κ3) is 3.50. The van der Waals surface area contributed by atoms with Gasteiger partial charge in [0.15, 0.2) is 0 Å². The van der Waals surface area contributed by atoms with Gasteiger partial charge in [0.1, 0.15) is 5.60 Å². The van der Waals surface area contributed by atoms with Crippen molar-refractivity contribution >= 4 is 6.09 Å². The summed E-state index contributed by atoms with van der Waals surface area (Å²) in [5.41, 5.74) is 6.72. The zero-order chi connectivity index (χ0) is 14.0. The van der Waals surface area contributed by atoms with Crippen molar-refractivity contribution in [2.24, 2.45) is 11.7 Å². The maximum Gasteiger partial charge on any atom is 0.410 e. The molecule has 5 nitrogen and oxygen atoms in total. The summed E-state index contributed by atoms with van der Waals surface area (Å²) >= 11 is 0. The molecule has 2 N–H and O–H groups in total. The maximum atomic E-state index is 12.0. The molecule has 0 bridgehead atoms. The number of likely N-dealkylation sites (tertiary alicyclic amines) is 1. The Bertz CT molecular complexity index is 422. The van der Waals surface area contributed by atoms with E-state index in [0.717, 1.165) is 12.0 Å². The maximum absolute atomic E-state index is 12.0. The van der Waals surface area contributed by atoms with E-state index in [0.29, 0.717) is 13.1 Å². The Morgan fingerprint density at radius 2 is 2.32 bits per heavy atom. The van der Waals surface area contributed by atoms with E-state index >= 15 is 0 Å². The van der Waals surface area contributed by atoms with E-state index in [2.05, 4.69) is 0 Å². The predicted octanol–water partition coefficient (Wildman–Crippen LogP) is 2.54. The van der Waals surface area contributed by atoms with Gasteiger partial charge in [0.25, 0.3) is 0 Å². The van der Waals surface area contributed by atoms with Gasteiger partial charge in [0.05, 0.1) is 12.5 Å². The summed E-state index contributed by atoms with van der Waals surface area (Å²) < 4.78 is 10.4. The van der Waals surface area contributed by atoms with Crippen LogP contribution in [0.3, 0.4) is 0 Å². The zero-order valence-electron chi connectivity index (χ0n) is 11.8. The van der Waals surface area contributed by atoms with E-state index in [-0.39, 0.29) is 18.1 Å². The first-order valence-electron chi connectivity index (χ1n) is 6.62. The second-order valence-corrected chi connectivity index (χ2v) is 6.06. The molecule has 0 radical (unpaired) electrons. The molecule has 5 heteroatoms. The summed E-state index contributed by atoms with van der Waals surface area (Å²) in [6.45, 7) is 6.95. The normalized spacial score (nSPS) is 21.5. The van der Waals surface area contributed by atoms with Crippen LogP contribution in [0.15, 0.2) is 23.0 Å². The van der Waals surface area contributed by atoms with E-state index in [9.17, 15) is 4.79 Å². The first-order valence-corrected chi connectivity index (χ1v) is 6.62. The van der Waals surface area contributed by atoms with Crippen molar-refractivity contribution in [3.8, 4) is 0 Å². The lowest BCUT2D eigenvalue weighted by Gasteiger charge is -2.25. The number of amides is 1. The molecule has 0 spiro atoms. The molecule has 106 valence electrons. The third-order valence-electron chi connectivity index (χ3n) is 3.31. The molecule has 1 aromatic rings. The second kappa shape index (κ2) is 5.25. The van der Waals surface area contributed by atoms with Crippen molar-refractivity contribution in [3.05, 3.63) is 24.2 Å². The predicted molar refractivity (Wildman–Crippen MR) is 71.6 cm³/mol. The van der Waals surface area contributed by atoms with Crippen molar-refractivity contribution < 1.29 is 13.9 Å². The topological polar surface area (TPSA) is 68.7 Å². The molecule has 2 atom stereocenters. The quantitative estimate of drug-likeness (QED) is 0.893. The molecule has 1 aliphatic heterocycles. The molecule has 0 saturated carbocycles. The van der Waals surface area contributed by atoms with Crippen LogP contribution >= 0.6 is 0 Å². The van der Waals surface area contributed by atoms with Gasteiger partial charge < -0.3 is 19.8 Å². The first-order chi connectivity index (χ1) is 8.87. The summed E-state index contributed by atoms with van der Waals surface area (Å²) in [5, 5.41) is 0. The standard InChI is InChI=1S/C14H22N2O3/c1-14(2,3)19-13(17)16-6-4-10(8-16)12(15)11-5-7-18-9-11/h5,7,9-10,12H,4,6,8,15H2,1-3H3. The Morgan fingerprint density at radius 3 is 2.89 bits per heavy atom. The van der Waals surface area contributed by atoms with E-state index in [1.807, 2.05) is 26.8 Å². The van der Waals surface area contributed by atoms with Gasteiger partial charge in [-0.25, -0.2) is 4.79 Å². The monoisotopic (exact) mass is 266 g/mol. The van der Waals surface area contributed by atoms with E-state index in [1.54, 1.807) is 17.4 Å². The molecule has 1 aliphatic rings. The van der Waals surface area contributed by atoms with Gasteiger partial charge in [0.2, 0.25) is 0 Å². The lowest BCUT2D eigenvalue weighted by molar-refractivity contribution is 0.0286. The molecule has 1 aromatic heterocycles. The molecule has 19 heavy (non-hydrogen) atoms. The average Bonchev–Trinajstić information content (AvgIpc) is 2.98. The minimum absolute atomic E-state index is 0.0915. The second-order valence-electron chi connectivity index (χ2n) is 6.06. The number of hydrogen-bond donors (Lipinski definition) is 1. The number of carbonyl (C=O) groups excluding carboxylic acids is 1. The summed E-state index contributed by atoms with van der Waals surface area (Å²) in [5.74, 6) is 0.255. The summed E-state index contributed by atoms with van der Waals surface area (Å²) in [6.07, 6.45) is 3.93. The number of ether oxygens (including phenoxy) is 1. The Hall–Kier alpha value is -1.49. The van der Waals surface area contributed by atoms with Crippen LogP contribution in [-0.4, -0.2) is 29.7 Å². The fourth-order valence-corrected chi connectivity index (χ4v) is 2.31. The van der Waals surface area contributed by atoms with Crippen molar-refractivity contribution in [1.82, 2.24) is 4.90 Å². The summed E-state index contributed by atoms with van der Waals surface area (Å²) in [7, 11) is 0. The van der Waals surface area contributed by atoms with Crippen LogP contribution in [-0.2, 0) is 4.74 Å². The van der Waals surface area contributed by atoms with Crippen molar-refractivity contribution in [1.29, 1.82) is 0 Å². The Balaban J connectivity index is 1.91. The summed E-state index contributed by atoms with van der Waals surface area (Å²) in [4.78, 5) is 13.7. The number of rotatable bonds is 2. The molecule has 2 heterocycles. The highest BCUT2D eigenvalue weighted by Crippen LogP contribution is 2.29. The van der Waals surface area contributed by atoms with E-state index in [1.165, 1.54) is 0 Å². The fraction of sp³-hybridized carbons (Fsp3) is 0.643. The van der Waals surface area contributed by atoms with Gasteiger partial charge in [-0.2, -0.15) is 0 Å². The number of hydrogen-bond acceptors (Lipinski definition) is 4. The molecule has 1 saturated heterocycles. The van der Waals surface area contributed by atoms with Crippen LogP contribution in [0.5, 0.6) is 0 Å². The molecule has 2 rings (SSSR count). The minimum atomic E-state index is -0.457. The number of nitrogens with two attached hydrogens (primary N) is 1. The van der Waals surface area contributed by atoms with Gasteiger partial charge in [-0.3, -0.25) is 0 Å². The first kappa shape index (κ1) is 13.9. The minimum Gasteiger partial charge on any atom is -0.472 e. The number of nitrogens with zero attached hydrogens (tertiary/aromatic N) is 1. The van der Waals surface area contributed by atoms with Crippen LogP contribution in [0.4, 0.5) is 4.79 Å². The smallest absolute Gasteiger partial charge is 0.410 e. The van der Waals surface area contributed by atoms with Crippen molar-refractivity contribution in [2.75, 3.05) is 13.1 Å². The Kier molecular flexibility index (Phi) is 3.85. The highest BCUT2D eigenvalue weighted by molar-refractivity contribution is 5.68. The molecule has 2 unspecified atom stereocenters. The van der Waals surface area contributed by atoms with Gasteiger partial charge in [-0.05, 0) is 39.2 Å². The fourth-order valence-electron chi connectivity index (χ4n) is 2.31. The SMILES string of the molecule is CC(C)(C)OC(=O)N1CCC(C(N)c2ccoc2)C1.